The van der Waals surface area contributed by atoms with Crippen molar-refractivity contribution >= 4 is 46.0 Å². The van der Waals surface area contributed by atoms with Gasteiger partial charge in [0.05, 0.1) is 10.6 Å². The number of nitrogens with zero attached hydrogens (tertiary/aromatic N) is 1. The first-order valence-corrected chi connectivity index (χ1v) is 11.5. The average Bonchev–Trinajstić information content (AvgIpc) is 3.05. The molecule has 1 heterocycles. The van der Waals surface area contributed by atoms with Gasteiger partial charge in [-0.25, -0.2) is 0 Å². The number of thiocarbonyl (C=S) groups is 1. The van der Waals surface area contributed by atoms with Crippen LogP contribution >= 0.6 is 24.0 Å². The van der Waals surface area contributed by atoms with Gasteiger partial charge in [-0.1, -0.05) is 60.4 Å². The number of hydrogen-bond acceptors (Lipinski definition) is 5. The van der Waals surface area contributed by atoms with E-state index in [1.54, 1.807) is 4.90 Å². The van der Waals surface area contributed by atoms with Crippen LogP contribution in [0.15, 0.2) is 77.7 Å². The molecule has 1 fully saturated rings. The molecule has 4 nitrogen and oxygen atoms in total. The van der Waals surface area contributed by atoms with Gasteiger partial charge < -0.3 is 9.47 Å². The highest BCUT2D eigenvalue weighted by Gasteiger charge is 2.33. The highest BCUT2D eigenvalue weighted by Crippen LogP contribution is 2.36. The first-order valence-electron chi connectivity index (χ1n) is 10.3. The molecule has 162 valence electrons. The summed E-state index contributed by atoms with van der Waals surface area (Å²) in [5, 5.41) is 0. The minimum atomic E-state index is -0.102. The van der Waals surface area contributed by atoms with Gasteiger partial charge in [0, 0.05) is 0 Å². The summed E-state index contributed by atoms with van der Waals surface area (Å²) in [4.78, 5) is 15.0. The lowest BCUT2D eigenvalue weighted by Gasteiger charge is -2.13. The fourth-order valence-corrected chi connectivity index (χ4v) is 4.71. The van der Waals surface area contributed by atoms with E-state index >= 15 is 0 Å². The molecule has 4 rings (SSSR count). The van der Waals surface area contributed by atoms with Gasteiger partial charge in [-0.3, -0.25) is 9.69 Å². The number of rotatable bonds is 7. The standard InChI is InChI=1S/C26H23NO3S2/c1-18-14-19(2)16-23(15-18)30-13-12-29-22-10-8-20(9-11-22)17-24-25(28)27(26(31)32-24)21-6-4-3-5-7-21/h3-11,14-17H,12-13H2,1-2H3/b24-17-. The topological polar surface area (TPSA) is 38.8 Å². The first-order chi connectivity index (χ1) is 15.5. The van der Waals surface area contributed by atoms with E-state index in [-0.39, 0.29) is 5.91 Å². The molecular formula is C26H23NO3S2. The molecule has 6 heteroatoms. The maximum atomic E-state index is 12.8. The van der Waals surface area contributed by atoms with Crippen LogP contribution in [-0.2, 0) is 4.79 Å². The fraction of sp³-hybridized carbons (Fsp3) is 0.154. The van der Waals surface area contributed by atoms with E-state index in [0.29, 0.717) is 22.4 Å². The van der Waals surface area contributed by atoms with Crippen molar-refractivity contribution in [2.45, 2.75) is 13.8 Å². The van der Waals surface area contributed by atoms with Crippen molar-refractivity contribution in [1.29, 1.82) is 0 Å². The number of hydrogen-bond donors (Lipinski definition) is 0. The lowest BCUT2D eigenvalue weighted by Crippen LogP contribution is -2.27. The van der Waals surface area contributed by atoms with Gasteiger partial charge in [-0.05, 0) is 73.0 Å². The number of carbonyl (C=O) groups excluding carboxylic acids is 1. The molecular weight excluding hydrogens is 438 g/mol. The summed E-state index contributed by atoms with van der Waals surface area (Å²) < 4.78 is 12.1. The number of benzene rings is 3. The molecule has 0 saturated carbocycles. The van der Waals surface area contributed by atoms with Crippen LogP contribution < -0.4 is 14.4 Å². The second kappa shape index (κ2) is 10.0. The van der Waals surface area contributed by atoms with Gasteiger partial charge in [-0.2, -0.15) is 0 Å². The molecule has 0 atom stereocenters. The third-order valence-electron chi connectivity index (χ3n) is 4.80. The van der Waals surface area contributed by atoms with Crippen molar-refractivity contribution < 1.29 is 14.3 Å². The van der Waals surface area contributed by atoms with Crippen molar-refractivity contribution in [3.8, 4) is 11.5 Å². The van der Waals surface area contributed by atoms with Crippen LogP contribution in [0.5, 0.6) is 11.5 Å². The van der Waals surface area contributed by atoms with E-state index in [2.05, 4.69) is 19.9 Å². The number of para-hydroxylation sites is 1. The summed E-state index contributed by atoms with van der Waals surface area (Å²) in [6, 6.07) is 23.2. The molecule has 0 aromatic heterocycles. The fourth-order valence-electron chi connectivity index (χ4n) is 3.41. The molecule has 3 aromatic carbocycles. The zero-order valence-corrected chi connectivity index (χ0v) is 19.5. The molecule has 0 aliphatic carbocycles. The van der Waals surface area contributed by atoms with Crippen LogP contribution in [0.2, 0.25) is 0 Å². The summed E-state index contributed by atoms with van der Waals surface area (Å²) in [5.74, 6) is 1.51. The summed E-state index contributed by atoms with van der Waals surface area (Å²) in [5.41, 5.74) is 4.05. The molecule has 3 aromatic rings. The largest absolute Gasteiger partial charge is 0.490 e. The molecule has 0 spiro atoms. The lowest BCUT2D eigenvalue weighted by atomic mass is 10.1. The number of thioether (sulfide) groups is 1. The normalized spacial score (nSPS) is 14.8. The first kappa shape index (κ1) is 22.1. The molecule has 32 heavy (non-hydrogen) atoms. The van der Waals surface area contributed by atoms with Gasteiger partial charge in [0.25, 0.3) is 5.91 Å². The number of anilines is 1. The molecule has 1 saturated heterocycles. The number of carbonyl (C=O) groups is 1. The van der Waals surface area contributed by atoms with Crippen LogP contribution in [0.3, 0.4) is 0 Å². The van der Waals surface area contributed by atoms with E-state index < -0.39 is 0 Å². The molecule has 1 amide bonds. The molecule has 1 aliphatic heterocycles. The Hall–Kier alpha value is -3.09. The third kappa shape index (κ3) is 5.39. The Kier molecular flexibility index (Phi) is 6.93. The van der Waals surface area contributed by atoms with E-state index in [9.17, 15) is 4.79 Å². The average molecular weight is 462 g/mol. The summed E-state index contributed by atoms with van der Waals surface area (Å²) in [7, 11) is 0. The third-order valence-corrected chi connectivity index (χ3v) is 6.10. The quantitative estimate of drug-likeness (QED) is 0.239. The van der Waals surface area contributed by atoms with Gasteiger partial charge in [-0.15, -0.1) is 0 Å². The van der Waals surface area contributed by atoms with Gasteiger partial charge in [0.1, 0.15) is 24.7 Å². The summed E-state index contributed by atoms with van der Waals surface area (Å²) >= 11 is 6.73. The van der Waals surface area contributed by atoms with Crippen LogP contribution in [0.1, 0.15) is 16.7 Å². The Balaban J connectivity index is 1.33. The number of ether oxygens (including phenoxy) is 2. The van der Waals surface area contributed by atoms with Crippen molar-refractivity contribution in [2.24, 2.45) is 0 Å². The van der Waals surface area contributed by atoms with Crippen molar-refractivity contribution in [1.82, 2.24) is 0 Å². The predicted molar refractivity (Wildman–Crippen MR) is 135 cm³/mol. The molecule has 0 N–H and O–H groups in total. The molecule has 1 aliphatic rings. The second-order valence-electron chi connectivity index (χ2n) is 7.44. The Labute approximate surface area is 197 Å². The number of aryl methyl sites for hydroxylation is 2. The highest BCUT2D eigenvalue weighted by atomic mass is 32.2. The minimum absolute atomic E-state index is 0.102. The Morgan fingerprint density at radius 1 is 0.875 bits per heavy atom. The van der Waals surface area contributed by atoms with Gasteiger partial charge >= 0.3 is 0 Å². The molecule has 0 radical (unpaired) electrons. The second-order valence-corrected chi connectivity index (χ2v) is 9.12. The van der Waals surface area contributed by atoms with Crippen LogP contribution in [0.25, 0.3) is 6.08 Å². The zero-order chi connectivity index (χ0) is 22.5. The monoisotopic (exact) mass is 461 g/mol. The predicted octanol–water partition coefficient (Wildman–Crippen LogP) is 6.17. The number of amides is 1. The van der Waals surface area contributed by atoms with Crippen molar-refractivity contribution in [3.63, 3.8) is 0 Å². The Bertz CT molecular complexity index is 1140. The molecule has 0 unspecified atom stereocenters. The highest BCUT2D eigenvalue weighted by molar-refractivity contribution is 8.27. The smallest absolute Gasteiger partial charge is 0.270 e. The van der Waals surface area contributed by atoms with Crippen LogP contribution in [0.4, 0.5) is 5.69 Å². The van der Waals surface area contributed by atoms with Gasteiger partial charge in [0.2, 0.25) is 0 Å². The summed E-state index contributed by atoms with van der Waals surface area (Å²) in [6.07, 6.45) is 1.86. The Morgan fingerprint density at radius 3 is 2.16 bits per heavy atom. The van der Waals surface area contributed by atoms with E-state index in [1.807, 2.05) is 72.8 Å². The van der Waals surface area contributed by atoms with Crippen molar-refractivity contribution in [3.05, 3.63) is 94.4 Å². The summed E-state index contributed by atoms with van der Waals surface area (Å²) in [6.45, 7) is 5.02. The zero-order valence-electron chi connectivity index (χ0n) is 17.9. The van der Waals surface area contributed by atoms with E-state index in [1.165, 1.54) is 22.9 Å². The maximum absolute atomic E-state index is 12.8. The maximum Gasteiger partial charge on any atom is 0.270 e. The SMILES string of the molecule is Cc1cc(C)cc(OCCOc2ccc(/C=C3\SC(=S)N(c4ccccc4)C3=O)cc2)c1. The van der Waals surface area contributed by atoms with Crippen molar-refractivity contribution in [2.75, 3.05) is 18.1 Å². The van der Waals surface area contributed by atoms with Gasteiger partial charge in [0.15, 0.2) is 4.32 Å². The van der Waals surface area contributed by atoms with E-state index in [4.69, 9.17) is 21.7 Å². The minimum Gasteiger partial charge on any atom is -0.490 e. The van der Waals surface area contributed by atoms with Crippen LogP contribution in [-0.4, -0.2) is 23.4 Å². The Morgan fingerprint density at radius 2 is 1.50 bits per heavy atom. The van der Waals surface area contributed by atoms with Crippen LogP contribution in [0, 0.1) is 13.8 Å². The van der Waals surface area contributed by atoms with E-state index in [0.717, 1.165) is 22.7 Å². The lowest BCUT2D eigenvalue weighted by molar-refractivity contribution is -0.113. The molecule has 0 bridgehead atoms.